The van der Waals surface area contributed by atoms with Crippen LogP contribution in [0.2, 0.25) is 0 Å². The van der Waals surface area contributed by atoms with Crippen LogP contribution in [-0.2, 0) is 4.74 Å². The normalized spacial score (nSPS) is 16.7. The molecule has 0 bridgehead atoms. The van der Waals surface area contributed by atoms with Gasteiger partial charge in [-0.05, 0) is 56.2 Å². The maximum Gasteiger partial charge on any atom is 0.256 e. The topological polar surface area (TPSA) is 73.1 Å². The van der Waals surface area contributed by atoms with Crippen LogP contribution in [-0.4, -0.2) is 31.8 Å². The summed E-state index contributed by atoms with van der Waals surface area (Å²) in [6, 6.07) is 14.9. The molecule has 7 heteroatoms. The first-order valence-corrected chi connectivity index (χ1v) is 10.8. The quantitative estimate of drug-likeness (QED) is 0.564. The lowest BCUT2D eigenvalue weighted by atomic mass is 10.1. The maximum atomic E-state index is 13.0. The van der Waals surface area contributed by atoms with Crippen LogP contribution in [0.5, 0.6) is 5.75 Å². The molecule has 0 spiro atoms. The molecule has 0 radical (unpaired) electrons. The molecule has 1 N–H and O–H groups in total. The zero-order valence-electron chi connectivity index (χ0n) is 16.7. The number of carbonyl (C=O) groups is 1. The molecule has 1 fully saturated rings. The predicted octanol–water partition coefficient (Wildman–Crippen LogP) is 4.74. The average Bonchev–Trinajstić information content (AvgIpc) is 3.27. The second-order valence-electron chi connectivity index (χ2n) is 7.00. The van der Waals surface area contributed by atoms with Crippen molar-refractivity contribution in [3.05, 3.63) is 64.1 Å². The Morgan fingerprint density at radius 3 is 2.93 bits per heavy atom. The van der Waals surface area contributed by atoms with Gasteiger partial charge in [0, 0.05) is 23.0 Å². The number of carbonyl (C=O) groups excluding carboxylic acids is 1. The van der Waals surface area contributed by atoms with Gasteiger partial charge in [-0.3, -0.25) is 4.79 Å². The summed E-state index contributed by atoms with van der Waals surface area (Å²) in [6.45, 7) is 3.64. The Kier molecular flexibility index (Phi) is 6.50. The minimum absolute atomic E-state index is 0.0551. The van der Waals surface area contributed by atoms with Crippen molar-refractivity contribution in [2.45, 2.75) is 25.9 Å². The van der Waals surface area contributed by atoms with Crippen molar-refractivity contribution in [2.24, 2.45) is 4.99 Å². The molecule has 30 heavy (non-hydrogen) atoms. The molecule has 156 valence electrons. The van der Waals surface area contributed by atoms with E-state index in [4.69, 9.17) is 13.9 Å². The Labute approximate surface area is 183 Å². The van der Waals surface area contributed by atoms with Crippen molar-refractivity contribution < 1.29 is 18.7 Å². The number of hydrogen-bond donors (Lipinski definition) is 1. The second-order valence-corrected chi connectivity index (χ2v) is 7.92. The van der Waals surface area contributed by atoms with Crippen molar-refractivity contribution in [1.29, 1.82) is 0 Å². The largest absolute Gasteiger partial charge is 0.492 e. The average molecular weight is 471 g/mol. The molecule has 1 aliphatic heterocycles. The molecular formula is C23H23BrN2O4. The minimum Gasteiger partial charge on any atom is -0.492 e. The van der Waals surface area contributed by atoms with Crippen LogP contribution >= 0.6 is 15.9 Å². The zero-order valence-corrected chi connectivity index (χ0v) is 18.3. The molecule has 1 atom stereocenters. The second kappa shape index (κ2) is 9.45. The van der Waals surface area contributed by atoms with Gasteiger partial charge in [-0.15, -0.1) is 0 Å². The lowest BCUT2D eigenvalue weighted by Crippen LogP contribution is -2.34. The van der Waals surface area contributed by atoms with Gasteiger partial charge in [0.2, 0.25) is 5.55 Å². The number of rotatable bonds is 6. The Morgan fingerprint density at radius 2 is 2.13 bits per heavy atom. The highest BCUT2D eigenvalue weighted by Crippen LogP contribution is 2.27. The van der Waals surface area contributed by atoms with Gasteiger partial charge in [0.25, 0.3) is 5.91 Å². The van der Waals surface area contributed by atoms with E-state index >= 15 is 0 Å². The summed E-state index contributed by atoms with van der Waals surface area (Å²) in [6.07, 6.45) is 2.03. The van der Waals surface area contributed by atoms with E-state index in [2.05, 4.69) is 26.2 Å². The van der Waals surface area contributed by atoms with E-state index < -0.39 is 0 Å². The number of amides is 1. The van der Waals surface area contributed by atoms with Crippen molar-refractivity contribution in [3.8, 4) is 5.75 Å². The van der Waals surface area contributed by atoms with Crippen molar-refractivity contribution in [2.75, 3.05) is 19.8 Å². The number of halogens is 1. The van der Waals surface area contributed by atoms with Gasteiger partial charge in [-0.25, -0.2) is 4.99 Å². The number of nitrogens with zero attached hydrogens (tertiary/aromatic N) is 1. The van der Waals surface area contributed by atoms with Crippen molar-refractivity contribution >= 4 is 38.5 Å². The lowest BCUT2D eigenvalue weighted by molar-refractivity contribution is 0.0854. The first kappa shape index (κ1) is 20.6. The first-order chi connectivity index (χ1) is 14.6. The van der Waals surface area contributed by atoms with Gasteiger partial charge < -0.3 is 19.2 Å². The molecule has 1 aromatic heterocycles. The summed E-state index contributed by atoms with van der Waals surface area (Å²) >= 11 is 3.47. The maximum absolute atomic E-state index is 13.0. The van der Waals surface area contributed by atoms with Crippen LogP contribution in [0.1, 0.15) is 30.1 Å². The summed E-state index contributed by atoms with van der Waals surface area (Å²) in [5.41, 5.74) is 1.85. The highest BCUT2D eigenvalue weighted by molar-refractivity contribution is 9.10. The summed E-state index contributed by atoms with van der Waals surface area (Å²) in [7, 11) is 0. The summed E-state index contributed by atoms with van der Waals surface area (Å²) < 4.78 is 18.2. The molecule has 6 nitrogen and oxygen atoms in total. The van der Waals surface area contributed by atoms with E-state index in [0.717, 1.165) is 29.3 Å². The van der Waals surface area contributed by atoms with Gasteiger partial charge in [0.1, 0.15) is 22.6 Å². The lowest BCUT2D eigenvalue weighted by Gasteiger charge is -2.11. The minimum atomic E-state index is -0.247. The Bertz CT molecular complexity index is 1120. The van der Waals surface area contributed by atoms with Gasteiger partial charge in [-0.1, -0.05) is 28.1 Å². The Balaban J connectivity index is 1.77. The van der Waals surface area contributed by atoms with Gasteiger partial charge in [0.05, 0.1) is 12.7 Å². The van der Waals surface area contributed by atoms with E-state index in [0.29, 0.717) is 35.7 Å². The van der Waals surface area contributed by atoms with E-state index in [1.807, 2.05) is 49.4 Å². The molecule has 2 heterocycles. The molecule has 2 aromatic carbocycles. The van der Waals surface area contributed by atoms with E-state index in [-0.39, 0.29) is 17.6 Å². The fourth-order valence-corrected chi connectivity index (χ4v) is 3.77. The molecule has 1 saturated heterocycles. The SMILES string of the molecule is CCOc1ccccc1N=c1oc2ccc(Br)cc2cc1C(=O)NCC1CCCO1. The fourth-order valence-electron chi connectivity index (χ4n) is 3.39. The first-order valence-electron chi connectivity index (χ1n) is 10.0. The van der Waals surface area contributed by atoms with Crippen LogP contribution < -0.4 is 15.6 Å². The Morgan fingerprint density at radius 1 is 1.27 bits per heavy atom. The number of ether oxygens (including phenoxy) is 2. The zero-order chi connectivity index (χ0) is 20.9. The molecule has 1 unspecified atom stereocenters. The monoisotopic (exact) mass is 470 g/mol. The number of para-hydroxylation sites is 2. The fraction of sp³-hybridized carbons (Fsp3) is 0.304. The number of nitrogens with one attached hydrogen (secondary N) is 1. The number of hydrogen-bond acceptors (Lipinski definition) is 5. The molecule has 1 amide bonds. The van der Waals surface area contributed by atoms with Crippen molar-refractivity contribution in [3.63, 3.8) is 0 Å². The highest BCUT2D eigenvalue weighted by atomic mass is 79.9. The molecule has 0 saturated carbocycles. The summed E-state index contributed by atoms with van der Waals surface area (Å²) in [5, 5.41) is 3.77. The highest BCUT2D eigenvalue weighted by Gasteiger charge is 2.19. The van der Waals surface area contributed by atoms with Crippen LogP contribution in [0.3, 0.4) is 0 Å². The number of benzene rings is 2. The third-order valence-corrected chi connectivity index (χ3v) is 5.35. The standard InChI is InChI=1S/C23H23BrN2O4/c1-2-28-21-8-4-3-7-19(21)26-23-18(22(27)25-14-17-6-5-11-29-17)13-15-12-16(24)9-10-20(15)30-23/h3-4,7-10,12-13,17H,2,5-6,11,14H2,1H3,(H,25,27). The van der Waals surface area contributed by atoms with Gasteiger partial charge in [-0.2, -0.15) is 0 Å². The number of fused-ring (bicyclic) bond motifs is 1. The molecule has 3 aromatic rings. The van der Waals surface area contributed by atoms with Crippen LogP contribution in [0, 0.1) is 0 Å². The smallest absolute Gasteiger partial charge is 0.256 e. The third kappa shape index (κ3) is 4.74. The predicted molar refractivity (Wildman–Crippen MR) is 118 cm³/mol. The molecule has 0 aliphatic carbocycles. The summed E-state index contributed by atoms with van der Waals surface area (Å²) in [4.78, 5) is 17.7. The third-order valence-electron chi connectivity index (χ3n) is 4.85. The van der Waals surface area contributed by atoms with Gasteiger partial charge >= 0.3 is 0 Å². The summed E-state index contributed by atoms with van der Waals surface area (Å²) in [5.74, 6) is 0.389. The van der Waals surface area contributed by atoms with Gasteiger partial charge in [0.15, 0.2) is 0 Å². The molecule has 4 rings (SSSR count). The Hall–Kier alpha value is -2.64. The van der Waals surface area contributed by atoms with E-state index in [1.54, 1.807) is 6.07 Å². The van der Waals surface area contributed by atoms with Crippen LogP contribution in [0.4, 0.5) is 5.69 Å². The molecular weight excluding hydrogens is 448 g/mol. The van der Waals surface area contributed by atoms with E-state index in [9.17, 15) is 4.79 Å². The molecule has 1 aliphatic rings. The van der Waals surface area contributed by atoms with Crippen LogP contribution in [0.15, 0.2) is 62.4 Å². The van der Waals surface area contributed by atoms with Crippen LogP contribution in [0.25, 0.3) is 11.0 Å². The van der Waals surface area contributed by atoms with Crippen molar-refractivity contribution in [1.82, 2.24) is 5.32 Å². The van der Waals surface area contributed by atoms with E-state index in [1.165, 1.54) is 0 Å².